The second-order valence-corrected chi connectivity index (χ2v) is 4.54. The van der Waals surface area contributed by atoms with E-state index < -0.39 is 0 Å². The predicted octanol–water partition coefficient (Wildman–Crippen LogP) is 2.66. The molecule has 0 saturated carbocycles. The van der Waals surface area contributed by atoms with E-state index in [1.165, 1.54) is 11.8 Å². The maximum Gasteiger partial charge on any atom is 0.277 e. The number of carbonyl (C=O) groups excluding carboxylic acids is 1. The number of aromatic nitrogens is 2. The van der Waals surface area contributed by atoms with Crippen LogP contribution in [0.25, 0.3) is 0 Å². The monoisotopic (exact) mass is 248 g/mol. The average Bonchev–Trinajstić information content (AvgIpc) is 2.73. The summed E-state index contributed by atoms with van der Waals surface area (Å²) in [5, 5.41) is 7.97. The minimum Gasteiger partial charge on any atom is -0.416 e. The third-order valence-corrected chi connectivity index (χ3v) is 3.10. The highest BCUT2D eigenvalue weighted by molar-refractivity contribution is 7.99. The first-order chi connectivity index (χ1) is 8.16. The highest BCUT2D eigenvalue weighted by Crippen LogP contribution is 2.18. The topological polar surface area (TPSA) is 56.0 Å². The van der Waals surface area contributed by atoms with Crippen molar-refractivity contribution >= 4 is 17.5 Å². The van der Waals surface area contributed by atoms with Crippen LogP contribution >= 0.6 is 11.8 Å². The van der Waals surface area contributed by atoms with E-state index in [0.29, 0.717) is 16.9 Å². The van der Waals surface area contributed by atoms with Crippen molar-refractivity contribution < 1.29 is 9.21 Å². The van der Waals surface area contributed by atoms with Crippen LogP contribution in [0, 0.1) is 13.8 Å². The number of thioether (sulfide) groups is 1. The van der Waals surface area contributed by atoms with Gasteiger partial charge in [0.2, 0.25) is 5.89 Å². The molecule has 2 aromatic rings. The maximum atomic E-state index is 11.9. The molecule has 0 spiro atoms. The summed E-state index contributed by atoms with van der Waals surface area (Å²) in [6, 6.07) is 7.54. The van der Waals surface area contributed by atoms with Crippen molar-refractivity contribution in [1.82, 2.24) is 10.2 Å². The lowest BCUT2D eigenvalue weighted by atomic mass is 10.1. The molecule has 0 N–H and O–H groups in total. The lowest BCUT2D eigenvalue weighted by Gasteiger charge is -2.02. The van der Waals surface area contributed by atoms with E-state index in [9.17, 15) is 4.79 Å². The zero-order valence-corrected chi connectivity index (χ0v) is 10.5. The van der Waals surface area contributed by atoms with E-state index in [2.05, 4.69) is 10.2 Å². The molecular formula is C12H12N2O2S. The van der Waals surface area contributed by atoms with Crippen molar-refractivity contribution in [3.05, 3.63) is 41.3 Å². The summed E-state index contributed by atoms with van der Waals surface area (Å²) in [7, 11) is 0. The third-order valence-electron chi connectivity index (χ3n) is 2.28. The van der Waals surface area contributed by atoms with Crippen LogP contribution in [-0.4, -0.2) is 21.7 Å². The van der Waals surface area contributed by atoms with Crippen molar-refractivity contribution in [3.8, 4) is 0 Å². The first kappa shape index (κ1) is 11.9. The molecule has 5 heteroatoms. The Kier molecular flexibility index (Phi) is 3.58. The van der Waals surface area contributed by atoms with Crippen molar-refractivity contribution in [3.63, 3.8) is 0 Å². The summed E-state index contributed by atoms with van der Waals surface area (Å²) in [6.07, 6.45) is 0. The molecule has 0 atom stereocenters. The van der Waals surface area contributed by atoms with Gasteiger partial charge in [-0.3, -0.25) is 4.79 Å². The molecule has 0 fully saturated rings. The number of hydrogen-bond acceptors (Lipinski definition) is 5. The summed E-state index contributed by atoms with van der Waals surface area (Å²) in [5.41, 5.74) is 1.73. The Morgan fingerprint density at radius 2 is 2.06 bits per heavy atom. The zero-order chi connectivity index (χ0) is 12.3. The highest BCUT2D eigenvalue weighted by Gasteiger charge is 2.11. The fourth-order valence-electron chi connectivity index (χ4n) is 1.43. The quantitative estimate of drug-likeness (QED) is 0.615. The van der Waals surface area contributed by atoms with Crippen LogP contribution < -0.4 is 0 Å². The molecule has 1 heterocycles. The number of carbonyl (C=O) groups is 1. The van der Waals surface area contributed by atoms with E-state index in [4.69, 9.17) is 4.42 Å². The number of nitrogens with zero attached hydrogens (tertiary/aromatic N) is 2. The number of benzene rings is 1. The van der Waals surface area contributed by atoms with Crippen molar-refractivity contribution in [2.45, 2.75) is 19.1 Å². The zero-order valence-electron chi connectivity index (χ0n) is 9.64. The lowest BCUT2D eigenvalue weighted by molar-refractivity contribution is 0.102. The van der Waals surface area contributed by atoms with Gasteiger partial charge in [-0.1, -0.05) is 36.0 Å². The fraction of sp³-hybridized carbons (Fsp3) is 0.250. The maximum absolute atomic E-state index is 11.9. The Bertz CT molecular complexity index is 537. The molecule has 0 aliphatic carbocycles. The molecule has 2 rings (SSSR count). The molecule has 0 saturated heterocycles. The van der Waals surface area contributed by atoms with E-state index in [-0.39, 0.29) is 5.78 Å². The standard InChI is InChI=1S/C12H12N2O2S/c1-8-5-3-4-6-10(8)11(15)7-17-12-14-13-9(2)16-12/h3-6H,7H2,1-2H3. The highest BCUT2D eigenvalue weighted by atomic mass is 32.2. The molecule has 0 unspecified atom stereocenters. The van der Waals surface area contributed by atoms with Crippen LogP contribution in [0.5, 0.6) is 0 Å². The van der Waals surface area contributed by atoms with Gasteiger partial charge >= 0.3 is 0 Å². The van der Waals surface area contributed by atoms with Crippen molar-refractivity contribution in [1.29, 1.82) is 0 Å². The van der Waals surface area contributed by atoms with Crippen LogP contribution in [0.3, 0.4) is 0 Å². The van der Waals surface area contributed by atoms with Crippen LogP contribution in [0.2, 0.25) is 0 Å². The van der Waals surface area contributed by atoms with Gasteiger partial charge in [-0.25, -0.2) is 0 Å². The molecule has 0 aliphatic heterocycles. The summed E-state index contributed by atoms with van der Waals surface area (Å²) < 4.78 is 5.19. The fourth-order valence-corrected chi connectivity index (χ4v) is 2.12. The first-order valence-electron chi connectivity index (χ1n) is 5.18. The molecule has 0 bridgehead atoms. The number of hydrogen-bond donors (Lipinski definition) is 0. The first-order valence-corrected chi connectivity index (χ1v) is 6.17. The normalized spacial score (nSPS) is 10.5. The van der Waals surface area contributed by atoms with Gasteiger partial charge in [0.15, 0.2) is 5.78 Å². The summed E-state index contributed by atoms with van der Waals surface area (Å²) in [4.78, 5) is 11.9. The Labute approximate surface area is 103 Å². The summed E-state index contributed by atoms with van der Waals surface area (Å²) in [6.45, 7) is 3.65. The third kappa shape index (κ3) is 2.94. The van der Waals surface area contributed by atoms with Crippen LogP contribution in [0.1, 0.15) is 21.8 Å². The molecule has 0 aliphatic rings. The van der Waals surface area contributed by atoms with Gasteiger partial charge in [0.05, 0.1) is 5.75 Å². The van der Waals surface area contributed by atoms with Crippen molar-refractivity contribution in [2.75, 3.05) is 5.75 Å². The summed E-state index contributed by atoms with van der Waals surface area (Å²) >= 11 is 1.26. The van der Waals surface area contributed by atoms with Gasteiger partial charge in [0, 0.05) is 12.5 Å². The Hall–Kier alpha value is -1.62. The second-order valence-electron chi connectivity index (χ2n) is 3.61. The number of aryl methyl sites for hydroxylation is 2. The number of rotatable bonds is 4. The smallest absolute Gasteiger partial charge is 0.277 e. The minimum absolute atomic E-state index is 0.0731. The molecule has 0 radical (unpaired) electrons. The van der Waals surface area contributed by atoms with E-state index in [1.807, 2.05) is 31.2 Å². The van der Waals surface area contributed by atoms with Gasteiger partial charge in [0.25, 0.3) is 5.22 Å². The Morgan fingerprint density at radius 1 is 1.29 bits per heavy atom. The van der Waals surface area contributed by atoms with Gasteiger partial charge < -0.3 is 4.42 Å². The van der Waals surface area contributed by atoms with Gasteiger partial charge in [-0.15, -0.1) is 10.2 Å². The molecule has 1 aromatic carbocycles. The molecular weight excluding hydrogens is 236 g/mol. The van der Waals surface area contributed by atoms with Gasteiger partial charge in [-0.05, 0) is 12.5 Å². The van der Waals surface area contributed by atoms with E-state index >= 15 is 0 Å². The average molecular weight is 248 g/mol. The number of Topliss-reactive ketones (excluding diaryl/α,β-unsaturated/α-hetero) is 1. The predicted molar refractivity (Wildman–Crippen MR) is 65.3 cm³/mol. The van der Waals surface area contributed by atoms with Gasteiger partial charge in [-0.2, -0.15) is 0 Å². The minimum atomic E-state index is 0.0731. The lowest BCUT2D eigenvalue weighted by Crippen LogP contribution is -2.04. The van der Waals surface area contributed by atoms with Gasteiger partial charge in [0.1, 0.15) is 0 Å². The van der Waals surface area contributed by atoms with Crippen LogP contribution in [0.15, 0.2) is 33.9 Å². The Morgan fingerprint density at radius 3 is 2.71 bits per heavy atom. The molecule has 88 valence electrons. The second kappa shape index (κ2) is 5.14. The largest absolute Gasteiger partial charge is 0.416 e. The molecule has 1 aromatic heterocycles. The molecule has 4 nitrogen and oxygen atoms in total. The van der Waals surface area contributed by atoms with Crippen LogP contribution in [0.4, 0.5) is 0 Å². The SMILES string of the molecule is Cc1nnc(SCC(=O)c2ccccc2C)o1. The van der Waals surface area contributed by atoms with Crippen molar-refractivity contribution in [2.24, 2.45) is 0 Å². The molecule has 0 amide bonds. The molecule has 17 heavy (non-hydrogen) atoms. The van der Waals surface area contributed by atoms with E-state index in [0.717, 1.165) is 11.1 Å². The van der Waals surface area contributed by atoms with E-state index in [1.54, 1.807) is 6.92 Å². The Balaban J connectivity index is 2.01. The van der Waals surface area contributed by atoms with Crippen LogP contribution in [-0.2, 0) is 0 Å². The number of ketones is 1. The summed E-state index contributed by atoms with van der Waals surface area (Å²) in [5.74, 6) is 0.895.